The highest BCUT2D eigenvalue weighted by Crippen LogP contribution is 2.28. The van der Waals surface area contributed by atoms with E-state index in [1.165, 1.54) is 219 Å². The van der Waals surface area contributed by atoms with Crippen LogP contribution in [0.4, 0.5) is 0 Å². The van der Waals surface area contributed by atoms with Gasteiger partial charge in [-0.25, -0.2) is 0 Å². The maximum absolute atomic E-state index is 6.59. The SMILES string of the molecule is CCCCCCCCCCCCCCCCCCN(CCCCCCCCCCCCCCCCCC)C(CN)(CCCN)CCCN. The van der Waals surface area contributed by atoms with Gasteiger partial charge in [0.1, 0.15) is 0 Å². The van der Waals surface area contributed by atoms with Crippen LogP contribution in [0.3, 0.4) is 0 Å². The molecule has 0 fully saturated rings. The summed E-state index contributed by atoms with van der Waals surface area (Å²) in [6.45, 7) is 9.27. The Kier molecular flexibility index (Phi) is 39.5. The molecule has 48 heavy (non-hydrogen) atoms. The van der Waals surface area contributed by atoms with Gasteiger partial charge in [0.15, 0.2) is 0 Å². The summed E-state index contributed by atoms with van der Waals surface area (Å²) >= 11 is 0. The smallest absolute Gasteiger partial charge is 0.0332 e. The minimum Gasteiger partial charge on any atom is -0.330 e. The second-order valence-electron chi connectivity index (χ2n) is 15.8. The second kappa shape index (κ2) is 39.6. The Morgan fingerprint density at radius 2 is 0.542 bits per heavy atom. The van der Waals surface area contributed by atoms with Crippen molar-refractivity contribution in [2.45, 2.75) is 251 Å². The maximum Gasteiger partial charge on any atom is 0.0332 e. The number of hydrogen-bond donors (Lipinski definition) is 3. The van der Waals surface area contributed by atoms with E-state index in [2.05, 4.69) is 18.7 Å². The van der Waals surface area contributed by atoms with Crippen molar-refractivity contribution in [3.63, 3.8) is 0 Å². The molecule has 0 spiro atoms. The second-order valence-corrected chi connectivity index (χ2v) is 15.8. The van der Waals surface area contributed by atoms with E-state index < -0.39 is 0 Å². The summed E-state index contributed by atoms with van der Waals surface area (Å²) < 4.78 is 0. The van der Waals surface area contributed by atoms with Crippen LogP contribution in [0.1, 0.15) is 245 Å². The Balaban J connectivity index is 4.22. The molecule has 0 unspecified atom stereocenters. The predicted octanol–water partition coefficient (Wildman–Crippen LogP) is 13.0. The zero-order valence-corrected chi connectivity index (χ0v) is 33.7. The average Bonchev–Trinajstić information content (AvgIpc) is 3.10. The first-order valence-corrected chi connectivity index (χ1v) is 22.6. The van der Waals surface area contributed by atoms with Gasteiger partial charge in [0.2, 0.25) is 0 Å². The number of unbranched alkanes of at least 4 members (excludes halogenated alkanes) is 30. The van der Waals surface area contributed by atoms with Gasteiger partial charge in [0.25, 0.3) is 0 Å². The van der Waals surface area contributed by atoms with E-state index in [0.29, 0.717) is 0 Å². The van der Waals surface area contributed by atoms with Crippen LogP contribution in [-0.4, -0.2) is 43.2 Å². The summed E-state index contributed by atoms with van der Waals surface area (Å²) in [5, 5.41) is 0. The maximum atomic E-state index is 6.59. The largest absolute Gasteiger partial charge is 0.330 e. The zero-order chi connectivity index (χ0) is 35.1. The lowest BCUT2D eigenvalue weighted by atomic mass is 9.85. The summed E-state index contributed by atoms with van der Waals surface area (Å²) in [6, 6.07) is 0. The third kappa shape index (κ3) is 30.6. The highest BCUT2D eigenvalue weighted by molar-refractivity contribution is 4.92. The molecule has 0 bridgehead atoms. The normalized spacial score (nSPS) is 12.1. The molecule has 0 atom stereocenters. The molecule has 4 heteroatoms. The molecule has 0 rings (SSSR count). The van der Waals surface area contributed by atoms with Crippen LogP contribution in [0.15, 0.2) is 0 Å². The molecule has 0 aliphatic carbocycles. The van der Waals surface area contributed by atoms with Crippen LogP contribution >= 0.6 is 0 Å². The van der Waals surface area contributed by atoms with Crippen LogP contribution in [0.5, 0.6) is 0 Å². The Bertz CT molecular complexity index is 538. The lowest BCUT2D eigenvalue weighted by Gasteiger charge is -2.44. The molecular weight excluding hydrogens is 585 g/mol. The molecule has 4 nitrogen and oxygen atoms in total. The summed E-state index contributed by atoms with van der Waals surface area (Å²) in [7, 11) is 0. The van der Waals surface area contributed by atoms with Crippen LogP contribution in [0, 0.1) is 0 Å². The quantitative estimate of drug-likeness (QED) is 0.0561. The topological polar surface area (TPSA) is 81.3 Å². The lowest BCUT2D eigenvalue weighted by molar-refractivity contribution is 0.0686. The highest BCUT2D eigenvalue weighted by atomic mass is 15.2. The molecule has 0 aliphatic rings. The van der Waals surface area contributed by atoms with Crippen molar-refractivity contribution in [1.29, 1.82) is 0 Å². The number of nitrogens with zero attached hydrogens (tertiary/aromatic N) is 1. The molecule has 0 amide bonds. The molecule has 0 aromatic carbocycles. The molecule has 0 aromatic rings. The van der Waals surface area contributed by atoms with Crippen molar-refractivity contribution in [1.82, 2.24) is 4.90 Å². The Labute approximate surface area is 304 Å². The van der Waals surface area contributed by atoms with Crippen molar-refractivity contribution in [3.8, 4) is 0 Å². The lowest BCUT2D eigenvalue weighted by Crippen LogP contribution is -2.55. The van der Waals surface area contributed by atoms with E-state index >= 15 is 0 Å². The molecule has 0 radical (unpaired) electrons. The van der Waals surface area contributed by atoms with Gasteiger partial charge in [-0.1, -0.05) is 206 Å². The predicted molar refractivity (Wildman–Crippen MR) is 219 cm³/mol. The van der Waals surface area contributed by atoms with Crippen LogP contribution in [0.2, 0.25) is 0 Å². The van der Waals surface area contributed by atoms with Gasteiger partial charge in [-0.2, -0.15) is 0 Å². The minimum atomic E-state index is 0.0871. The van der Waals surface area contributed by atoms with Crippen molar-refractivity contribution in [2.24, 2.45) is 17.2 Å². The molecule has 0 heterocycles. The minimum absolute atomic E-state index is 0.0871. The fraction of sp³-hybridized carbons (Fsp3) is 1.00. The van der Waals surface area contributed by atoms with Gasteiger partial charge in [-0.05, 0) is 64.7 Å². The molecule has 0 saturated heterocycles. The van der Waals surface area contributed by atoms with E-state index in [1.54, 1.807) is 0 Å². The Hall–Kier alpha value is -0.160. The van der Waals surface area contributed by atoms with Gasteiger partial charge in [0.05, 0.1) is 0 Å². The summed E-state index contributed by atoms with van der Waals surface area (Å²) in [6.07, 6.45) is 50.0. The van der Waals surface area contributed by atoms with Gasteiger partial charge in [-0.15, -0.1) is 0 Å². The molecule has 290 valence electrons. The van der Waals surface area contributed by atoms with Gasteiger partial charge < -0.3 is 17.2 Å². The molecule has 0 aliphatic heterocycles. The molecule has 0 saturated carbocycles. The first-order valence-electron chi connectivity index (χ1n) is 22.6. The van der Waals surface area contributed by atoms with E-state index in [-0.39, 0.29) is 5.54 Å². The fourth-order valence-electron chi connectivity index (χ4n) is 7.92. The van der Waals surface area contributed by atoms with E-state index in [4.69, 9.17) is 17.2 Å². The third-order valence-corrected chi connectivity index (χ3v) is 11.3. The summed E-state index contributed by atoms with van der Waals surface area (Å²) in [5.74, 6) is 0. The van der Waals surface area contributed by atoms with Crippen LogP contribution < -0.4 is 17.2 Å². The van der Waals surface area contributed by atoms with Crippen molar-refractivity contribution in [2.75, 3.05) is 32.7 Å². The number of rotatable bonds is 42. The van der Waals surface area contributed by atoms with E-state index in [1.807, 2.05) is 0 Å². The standard InChI is InChI=1S/C44H94N4/c1-3-5-7-9-11-13-15-17-19-21-23-25-27-29-31-33-41-48(44(43-47,37-35-39-45)38-36-40-46)42-34-32-30-28-26-24-22-20-18-16-14-12-10-8-6-4-2/h3-43,45-47H2,1-2H3. The summed E-state index contributed by atoms with van der Waals surface area (Å²) in [5.41, 5.74) is 18.7. The number of nitrogens with two attached hydrogens (primary N) is 3. The monoisotopic (exact) mass is 679 g/mol. The molecule has 0 aromatic heterocycles. The third-order valence-electron chi connectivity index (χ3n) is 11.3. The van der Waals surface area contributed by atoms with Gasteiger partial charge in [0, 0.05) is 12.1 Å². The first-order chi connectivity index (χ1) is 23.7. The van der Waals surface area contributed by atoms with Gasteiger partial charge in [-0.3, -0.25) is 4.90 Å². The Morgan fingerprint density at radius 3 is 0.750 bits per heavy atom. The van der Waals surface area contributed by atoms with Crippen LogP contribution in [-0.2, 0) is 0 Å². The molecular formula is C44H94N4. The van der Waals surface area contributed by atoms with E-state index in [9.17, 15) is 0 Å². The molecule has 6 N–H and O–H groups in total. The summed E-state index contributed by atoms with van der Waals surface area (Å²) in [4.78, 5) is 2.81. The van der Waals surface area contributed by atoms with E-state index in [0.717, 1.165) is 45.3 Å². The van der Waals surface area contributed by atoms with Gasteiger partial charge >= 0.3 is 0 Å². The van der Waals surface area contributed by atoms with Crippen molar-refractivity contribution >= 4 is 0 Å². The average molecular weight is 679 g/mol. The Morgan fingerprint density at radius 1 is 0.312 bits per heavy atom. The highest BCUT2D eigenvalue weighted by Gasteiger charge is 2.33. The number of hydrogen-bond acceptors (Lipinski definition) is 4. The first kappa shape index (κ1) is 47.8. The fourth-order valence-corrected chi connectivity index (χ4v) is 7.92. The zero-order valence-electron chi connectivity index (χ0n) is 33.7. The van der Waals surface area contributed by atoms with Crippen molar-refractivity contribution < 1.29 is 0 Å². The van der Waals surface area contributed by atoms with Crippen molar-refractivity contribution in [3.05, 3.63) is 0 Å². The van der Waals surface area contributed by atoms with Crippen LogP contribution in [0.25, 0.3) is 0 Å².